The molecule has 0 aliphatic heterocycles. The molecule has 4 aromatic rings. The Morgan fingerprint density at radius 3 is 2.55 bits per heavy atom. The Kier molecular flexibility index (Phi) is 5.71. The average molecular weight is 415 g/mol. The molecule has 2 heterocycles. The summed E-state index contributed by atoms with van der Waals surface area (Å²) < 4.78 is 7.11. The number of ether oxygens (including phenoxy) is 1. The minimum absolute atomic E-state index is 0.0381. The molecule has 2 aromatic carbocycles. The number of aromatic nitrogens is 3. The van der Waals surface area contributed by atoms with Crippen molar-refractivity contribution in [1.82, 2.24) is 14.8 Å². The van der Waals surface area contributed by atoms with Gasteiger partial charge in [-0.05, 0) is 62.6 Å². The molecule has 0 saturated heterocycles. The Morgan fingerprint density at radius 1 is 1.03 bits per heavy atom. The second kappa shape index (κ2) is 8.60. The molecule has 1 N–H and O–H groups in total. The molecular formula is C25H26N4O2. The molecule has 0 aliphatic carbocycles. The van der Waals surface area contributed by atoms with E-state index in [-0.39, 0.29) is 5.91 Å². The summed E-state index contributed by atoms with van der Waals surface area (Å²) in [4.78, 5) is 17.4. The smallest absolute Gasteiger partial charge is 0.224 e. The first-order chi connectivity index (χ1) is 15.0. The van der Waals surface area contributed by atoms with Gasteiger partial charge in [0.15, 0.2) is 5.65 Å². The summed E-state index contributed by atoms with van der Waals surface area (Å²) in [5, 5.41) is 8.73. The van der Waals surface area contributed by atoms with Gasteiger partial charge in [0.2, 0.25) is 5.91 Å². The topological polar surface area (TPSA) is 69.0 Å². The molecule has 0 atom stereocenters. The number of hydrogen-bond acceptors (Lipinski definition) is 4. The van der Waals surface area contributed by atoms with Crippen LogP contribution >= 0.6 is 0 Å². The fourth-order valence-corrected chi connectivity index (χ4v) is 3.99. The molecule has 0 unspecified atom stereocenters. The van der Waals surface area contributed by atoms with Crippen molar-refractivity contribution in [2.45, 2.75) is 33.6 Å². The third-order valence-electron chi connectivity index (χ3n) is 5.53. The van der Waals surface area contributed by atoms with E-state index in [0.717, 1.165) is 44.9 Å². The fraction of sp³-hybridized carbons (Fsp3) is 0.240. The quantitative estimate of drug-likeness (QED) is 0.486. The van der Waals surface area contributed by atoms with E-state index in [9.17, 15) is 4.79 Å². The zero-order valence-corrected chi connectivity index (χ0v) is 18.3. The largest absolute Gasteiger partial charge is 0.497 e. The number of pyridine rings is 1. The highest BCUT2D eigenvalue weighted by atomic mass is 16.5. The monoisotopic (exact) mass is 414 g/mol. The predicted octanol–water partition coefficient (Wildman–Crippen LogP) is 4.93. The minimum Gasteiger partial charge on any atom is -0.497 e. The molecule has 4 rings (SSSR count). The van der Waals surface area contributed by atoms with Crippen LogP contribution in [0.4, 0.5) is 5.69 Å². The van der Waals surface area contributed by atoms with Crippen LogP contribution in [0.3, 0.4) is 0 Å². The second-order valence-electron chi connectivity index (χ2n) is 7.61. The second-order valence-corrected chi connectivity index (χ2v) is 7.61. The van der Waals surface area contributed by atoms with Crippen molar-refractivity contribution in [3.63, 3.8) is 0 Å². The van der Waals surface area contributed by atoms with E-state index >= 15 is 0 Å². The zero-order chi connectivity index (χ0) is 22.0. The Morgan fingerprint density at radius 2 is 1.81 bits per heavy atom. The lowest BCUT2D eigenvalue weighted by molar-refractivity contribution is -0.116. The van der Waals surface area contributed by atoms with E-state index in [1.54, 1.807) is 7.11 Å². The molecule has 0 fully saturated rings. The van der Waals surface area contributed by atoms with Gasteiger partial charge in [-0.15, -0.1) is 0 Å². The molecule has 0 bridgehead atoms. The normalized spacial score (nSPS) is 11.0. The summed E-state index contributed by atoms with van der Waals surface area (Å²) in [6.07, 6.45) is 0.990. The van der Waals surface area contributed by atoms with E-state index in [1.807, 2.05) is 73.1 Å². The predicted molar refractivity (Wildman–Crippen MR) is 123 cm³/mol. The summed E-state index contributed by atoms with van der Waals surface area (Å²) in [7, 11) is 1.61. The van der Waals surface area contributed by atoms with Crippen molar-refractivity contribution < 1.29 is 9.53 Å². The number of amides is 1. The number of fused-ring (bicyclic) bond motifs is 1. The molecule has 6 nitrogen and oxygen atoms in total. The number of rotatable bonds is 6. The van der Waals surface area contributed by atoms with E-state index < -0.39 is 0 Å². The van der Waals surface area contributed by atoms with Crippen LogP contribution in [0.2, 0.25) is 0 Å². The molecule has 2 aromatic heterocycles. The van der Waals surface area contributed by atoms with Crippen molar-refractivity contribution >= 4 is 22.6 Å². The van der Waals surface area contributed by atoms with Gasteiger partial charge in [0, 0.05) is 29.3 Å². The molecule has 0 radical (unpaired) electrons. The van der Waals surface area contributed by atoms with Crippen molar-refractivity contribution in [1.29, 1.82) is 0 Å². The third-order valence-corrected chi connectivity index (χ3v) is 5.53. The van der Waals surface area contributed by atoms with Gasteiger partial charge >= 0.3 is 0 Å². The highest BCUT2D eigenvalue weighted by molar-refractivity contribution is 5.91. The van der Waals surface area contributed by atoms with E-state index in [1.165, 1.54) is 0 Å². The molecule has 0 aliphatic rings. The minimum atomic E-state index is -0.0381. The standard InChI is InChI=1S/C25H26N4O2/c1-16-22(13-14-23(30)27-19-9-8-12-21(15-19)31-4)17(2)26-25-24(16)18(3)28-29(25)20-10-6-5-7-11-20/h5-12,15H,13-14H2,1-4H3,(H,27,30). The van der Waals surface area contributed by atoms with Crippen LogP contribution in [0.1, 0.15) is 28.9 Å². The summed E-state index contributed by atoms with van der Waals surface area (Å²) >= 11 is 0. The Labute approximate surface area is 181 Å². The van der Waals surface area contributed by atoms with E-state index in [4.69, 9.17) is 14.8 Å². The van der Waals surface area contributed by atoms with Crippen LogP contribution in [0.25, 0.3) is 16.7 Å². The van der Waals surface area contributed by atoms with Crippen LogP contribution in [-0.2, 0) is 11.2 Å². The SMILES string of the molecule is COc1cccc(NC(=O)CCc2c(C)nc3c(c(C)nn3-c3ccccc3)c2C)c1. The van der Waals surface area contributed by atoms with Gasteiger partial charge in [-0.2, -0.15) is 5.10 Å². The molecular weight excluding hydrogens is 388 g/mol. The van der Waals surface area contributed by atoms with Gasteiger partial charge in [0.05, 0.1) is 18.5 Å². The summed E-state index contributed by atoms with van der Waals surface area (Å²) in [5.41, 5.74) is 6.66. The van der Waals surface area contributed by atoms with Crippen LogP contribution < -0.4 is 10.1 Å². The van der Waals surface area contributed by atoms with E-state index in [0.29, 0.717) is 18.6 Å². The summed E-state index contributed by atoms with van der Waals surface area (Å²) in [6.45, 7) is 6.10. The zero-order valence-electron chi connectivity index (χ0n) is 18.3. The number of methoxy groups -OCH3 is 1. The highest BCUT2D eigenvalue weighted by Gasteiger charge is 2.18. The number of para-hydroxylation sites is 1. The maximum Gasteiger partial charge on any atom is 0.224 e. The fourth-order valence-electron chi connectivity index (χ4n) is 3.99. The third kappa shape index (κ3) is 4.14. The van der Waals surface area contributed by atoms with Crippen molar-refractivity contribution in [3.8, 4) is 11.4 Å². The molecule has 6 heteroatoms. The number of anilines is 1. The van der Waals surface area contributed by atoms with Crippen LogP contribution in [-0.4, -0.2) is 27.8 Å². The van der Waals surface area contributed by atoms with Gasteiger partial charge in [-0.1, -0.05) is 24.3 Å². The molecule has 158 valence electrons. The maximum absolute atomic E-state index is 12.5. The summed E-state index contributed by atoms with van der Waals surface area (Å²) in [6, 6.07) is 17.4. The number of aryl methyl sites for hydroxylation is 3. The first-order valence-electron chi connectivity index (χ1n) is 10.3. The highest BCUT2D eigenvalue weighted by Crippen LogP contribution is 2.28. The summed E-state index contributed by atoms with van der Waals surface area (Å²) in [5.74, 6) is 0.675. The van der Waals surface area contributed by atoms with Gasteiger partial charge in [-0.3, -0.25) is 4.79 Å². The molecule has 0 spiro atoms. The van der Waals surface area contributed by atoms with Gasteiger partial charge in [0.1, 0.15) is 5.75 Å². The van der Waals surface area contributed by atoms with Crippen LogP contribution in [0.5, 0.6) is 5.75 Å². The van der Waals surface area contributed by atoms with Gasteiger partial charge < -0.3 is 10.1 Å². The van der Waals surface area contributed by atoms with Crippen molar-refractivity contribution in [2.24, 2.45) is 0 Å². The lowest BCUT2D eigenvalue weighted by Crippen LogP contribution is -2.13. The lowest BCUT2D eigenvalue weighted by atomic mass is 9.99. The Bertz CT molecular complexity index is 1250. The molecule has 1 amide bonds. The lowest BCUT2D eigenvalue weighted by Gasteiger charge is -2.12. The van der Waals surface area contributed by atoms with Crippen molar-refractivity contribution in [2.75, 3.05) is 12.4 Å². The maximum atomic E-state index is 12.5. The first kappa shape index (κ1) is 20.6. The van der Waals surface area contributed by atoms with Gasteiger partial charge in [0.25, 0.3) is 0 Å². The number of benzene rings is 2. The number of nitrogens with one attached hydrogen (secondary N) is 1. The Hall–Kier alpha value is -3.67. The number of hydrogen-bond donors (Lipinski definition) is 1. The number of carbonyl (C=O) groups excluding carboxylic acids is 1. The van der Waals surface area contributed by atoms with Crippen LogP contribution in [0.15, 0.2) is 54.6 Å². The molecule has 0 saturated carbocycles. The van der Waals surface area contributed by atoms with Gasteiger partial charge in [-0.25, -0.2) is 9.67 Å². The number of carbonyl (C=O) groups is 1. The average Bonchev–Trinajstić information content (AvgIpc) is 3.10. The number of nitrogens with zero attached hydrogens (tertiary/aromatic N) is 3. The molecule has 31 heavy (non-hydrogen) atoms. The Balaban J connectivity index is 1.58. The first-order valence-corrected chi connectivity index (χ1v) is 10.3. The van der Waals surface area contributed by atoms with E-state index in [2.05, 4.69) is 12.2 Å². The van der Waals surface area contributed by atoms with Crippen LogP contribution in [0, 0.1) is 20.8 Å². The van der Waals surface area contributed by atoms with Crippen molar-refractivity contribution in [3.05, 3.63) is 77.1 Å².